The molecule has 4 unspecified atom stereocenters. The highest BCUT2D eigenvalue weighted by Crippen LogP contribution is 2.26. The number of carboxylic acid groups (broad SMARTS) is 1. The molecule has 0 aromatic rings. The summed E-state index contributed by atoms with van der Waals surface area (Å²) in [7, 11) is 0. The molecular weight excluding hydrogens is 260 g/mol. The van der Waals surface area contributed by atoms with Gasteiger partial charge in [0, 0.05) is 19.6 Å². The fraction of sp³-hybridized carbons (Fsp3) is 0.857. The predicted molar refractivity (Wildman–Crippen MR) is 73.3 cm³/mol. The van der Waals surface area contributed by atoms with Gasteiger partial charge in [-0.25, -0.2) is 9.59 Å². The number of carboxylic acids is 1. The van der Waals surface area contributed by atoms with E-state index < -0.39 is 12.0 Å². The maximum Gasteiger partial charge on any atom is 0.326 e. The number of nitrogens with zero attached hydrogens (tertiary/aromatic N) is 2. The molecule has 2 rings (SSSR count). The zero-order valence-corrected chi connectivity index (χ0v) is 12.2. The van der Waals surface area contributed by atoms with E-state index in [1.54, 1.807) is 4.90 Å². The number of urea groups is 1. The first-order chi connectivity index (χ1) is 9.41. The molecule has 4 atom stereocenters. The molecule has 0 radical (unpaired) electrons. The lowest BCUT2D eigenvalue weighted by Gasteiger charge is -2.42. The maximum atomic E-state index is 12.6. The average molecular weight is 284 g/mol. The summed E-state index contributed by atoms with van der Waals surface area (Å²) >= 11 is 0. The number of hydrogen-bond acceptors (Lipinski definition) is 3. The topological polar surface area (TPSA) is 81.1 Å². The summed E-state index contributed by atoms with van der Waals surface area (Å²) < 4.78 is 0. The van der Waals surface area contributed by atoms with Gasteiger partial charge in [-0.15, -0.1) is 0 Å². The first kappa shape index (κ1) is 15.1. The van der Waals surface area contributed by atoms with E-state index in [1.807, 2.05) is 13.8 Å². The Balaban J connectivity index is 2.08. The Kier molecular flexibility index (Phi) is 4.52. The summed E-state index contributed by atoms with van der Waals surface area (Å²) in [5, 5.41) is 19.1. The monoisotopic (exact) mass is 284 g/mol. The number of amides is 2. The Hall–Kier alpha value is -1.30. The Labute approximate surface area is 119 Å². The number of carbonyl (C=O) groups is 2. The van der Waals surface area contributed by atoms with Gasteiger partial charge in [-0.05, 0) is 31.1 Å². The summed E-state index contributed by atoms with van der Waals surface area (Å²) in [6.45, 7) is 5.31. The van der Waals surface area contributed by atoms with Crippen LogP contribution in [-0.4, -0.2) is 63.8 Å². The van der Waals surface area contributed by atoms with E-state index in [0.29, 0.717) is 26.1 Å². The van der Waals surface area contributed by atoms with Crippen molar-refractivity contribution >= 4 is 12.0 Å². The van der Waals surface area contributed by atoms with Gasteiger partial charge in [0.15, 0.2) is 0 Å². The van der Waals surface area contributed by atoms with E-state index in [0.717, 1.165) is 12.8 Å². The number of piperidine rings is 2. The number of rotatable bonds is 1. The van der Waals surface area contributed by atoms with Crippen LogP contribution >= 0.6 is 0 Å². The van der Waals surface area contributed by atoms with Gasteiger partial charge in [-0.1, -0.05) is 13.8 Å². The van der Waals surface area contributed by atoms with Gasteiger partial charge in [0.2, 0.25) is 0 Å². The fourth-order valence-electron chi connectivity index (χ4n) is 3.27. The smallest absolute Gasteiger partial charge is 0.326 e. The number of hydrogen-bond donors (Lipinski definition) is 2. The predicted octanol–water partition coefficient (Wildman–Crippen LogP) is 0.994. The van der Waals surface area contributed by atoms with Gasteiger partial charge in [0.05, 0.1) is 6.10 Å². The first-order valence-corrected chi connectivity index (χ1v) is 7.38. The molecule has 0 spiro atoms. The fourth-order valence-corrected chi connectivity index (χ4v) is 3.27. The lowest BCUT2D eigenvalue weighted by Crippen LogP contribution is -2.58. The first-order valence-electron chi connectivity index (χ1n) is 7.38. The van der Waals surface area contributed by atoms with Gasteiger partial charge in [0.1, 0.15) is 6.04 Å². The summed E-state index contributed by atoms with van der Waals surface area (Å²) in [5.41, 5.74) is 0. The van der Waals surface area contributed by atoms with Crippen LogP contribution < -0.4 is 0 Å². The minimum atomic E-state index is -0.921. The van der Waals surface area contributed by atoms with Crippen LogP contribution in [0.2, 0.25) is 0 Å². The molecule has 6 nitrogen and oxygen atoms in total. The molecule has 20 heavy (non-hydrogen) atoms. The van der Waals surface area contributed by atoms with Crippen LogP contribution in [0.25, 0.3) is 0 Å². The van der Waals surface area contributed by atoms with Crippen LogP contribution in [0.5, 0.6) is 0 Å². The zero-order chi connectivity index (χ0) is 14.9. The Morgan fingerprint density at radius 2 is 1.80 bits per heavy atom. The van der Waals surface area contributed by atoms with Crippen molar-refractivity contribution in [2.75, 3.05) is 19.6 Å². The van der Waals surface area contributed by atoms with E-state index in [2.05, 4.69) is 0 Å². The summed E-state index contributed by atoms with van der Waals surface area (Å²) in [4.78, 5) is 27.2. The molecule has 2 amide bonds. The number of aliphatic hydroxyl groups is 1. The third-order valence-electron chi connectivity index (χ3n) is 4.56. The van der Waals surface area contributed by atoms with E-state index in [1.165, 1.54) is 4.90 Å². The van der Waals surface area contributed by atoms with Gasteiger partial charge in [-0.3, -0.25) is 0 Å². The Bertz CT molecular complexity index is 387. The third kappa shape index (κ3) is 2.90. The van der Waals surface area contributed by atoms with Crippen molar-refractivity contribution in [1.29, 1.82) is 0 Å². The second-order valence-electron chi connectivity index (χ2n) is 6.16. The van der Waals surface area contributed by atoms with Gasteiger partial charge in [-0.2, -0.15) is 0 Å². The highest BCUT2D eigenvalue weighted by atomic mass is 16.4. The van der Waals surface area contributed by atoms with E-state index in [4.69, 9.17) is 0 Å². The molecule has 6 heteroatoms. The third-order valence-corrected chi connectivity index (χ3v) is 4.56. The molecule has 2 aliphatic rings. The van der Waals surface area contributed by atoms with Gasteiger partial charge < -0.3 is 20.0 Å². The Morgan fingerprint density at radius 3 is 2.40 bits per heavy atom. The van der Waals surface area contributed by atoms with Crippen molar-refractivity contribution in [2.24, 2.45) is 11.8 Å². The van der Waals surface area contributed by atoms with Crippen molar-refractivity contribution in [2.45, 2.75) is 45.3 Å². The molecule has 2 fully saturated rings. The molecular formula is C14H24N2O4. The number of aliphatic hydroxyl groups excluding tert-OH is 1. The van der Waals surface area contributed by atoms with Crippen LogP contribution in [0.1, 0.15) is 33.1 Å². The molecule has 2 N–H and O–H groups in total. The van der Waals surface area contributed by atoms with Crippen LogP contribution in [0.4, 0.5) is 4.79 Å². The number of carbonyl (C=O) groups excluding carboxylic acids is 1. The molecule has 2 aliphatic heterocycles. The van der Waals surface area contributed by atoms with Crippen molar-refractivity contribution < 1.29 is 19.8 Å². The summed E-state index contributed by atoms with van der Waals surface area (Å²) in [6, 6.07) is -0.916. The number of likely N-dealkylation sites (tertiary alicyclic amines) is 2. The normalized spacial score (nSPS) is 35.0. The maximum absolute atomic E-state index is 12.6. The Morgan fingerprint density at radius 1 is 1.10 bits per heavy atom. The molecule has 0 bridgehead atoms. The van der Waals surface area contributed by atoms with Crippen LogP contribution in [0.15, 0.2) is 0 Å². The van der Waals surface area contributed by atoms with Crippen LogP contribution in [0.3, 0.4) is 0 Å². The summed E-state index contributed by atoms with van der Waals surface area (Å²) in [5.74, 6) is -0.896. The highest BCUT2D eigenvalue weighted by molar-refractivity contribution is 5.83. The van der Waals surface area contributed by atoms with Crippen LogP contribution in [-0.2, 0) is 4.79 Å². The highest BCUT2D eigenvalue weighted by Gasteiger charge is 2.40. The largest absolute Gasteiger partial charge is 0.480 e. The van der Waals surface area contributed by atoms with Crippen molar-refractivity contribution in [3.05, 3.63) is 0 Å². The minimum Gasteiger partial charge on any atom is -0.480 e. The van der Waals surface area contributed by atoms with E-state index in [9.17, 15) is 19.8 Å². The standard InChI is InChI=1S/C14H24N2O4/c1-9-4-3-6-16(12(9)13(18)19)14(20)15-7-5-11(17)10(2)8-15/h9-12,17H,3-8H2,1-2H3,(H,18,19). The molecule has 0 saturated carbocycles. The lowest BCUT2D eigenvalue weighted by atomic mass is 9.90. The molecule has 114 valence electrons. The van der Waals surface area contributed by atoms with Gasteiger partial charge >= 0.3 is 12.0 Å². The zero-order valence-electron chi connectivity index (χ0n) is 12.2. The second-order valence-corrected chi connectivity index (χ2v) is 6.16. The second kappa shape index (κ2) is 5.99. The van der Waals surface area contributed by atoms with Crippen molar-refractivity contribution in [3.63, 3.8) is 0 Å². The van der Waals surface area contributed by atoms with E-state index >= 15 is 0 Å². The molecule has 0 aromatic heterocycles. The quantitative estimate of drug-likeness (QED) is 0.752. The van der Waals surface area contributed by atoms with E-state index in [-0.39, 0.29) is 24.0 Å². The minimum absolute atomic E-state index is 0.0157. The SMILES string of the molecule is CC1CN(C(=O)N2CCCC(C)C2C(=O)O)CCC1O. The molecule has 2 saturated heterocycles. The lowest BCUT2D eigenvalue weighted by molar-refractivity contribution is -0.145. The molecule has 0 aromatic carbocycles. The summed E-state index contributed by atoms with van der Waals surface area (Å²) in [6.07, 6.45) is 1.89. The van der Waals surface area contributed by atoms with Crippen LogP contribution in [0, 0.1) is 11.8 Å². The van der Waals surface area contributed by atoms with Crippen molar-refractivity contribution in [3.8, 4) is 0 Å². The molecule has 0 aliphatic carbocycles. The van der Waals surface area contributed by atoms with Gasteiger partial charge in [0.25, 0.3) is 0 Å². The average Bonchev–Trinajstić information content (AvgIpc) is 2.40. The number of aliphatic carboxylic acids is 1. The molecule has 2 heterocycles. The van der Waals surface area contributed by atoms with Crippen molar-refractivity contribution in [1.82, 2.24) is 9.80 Å².